The number of esters is 3. The Balaban J connectivity index is 4.40. The maximum Gasteiger partial charge on any atom is 0.306 e. The molecule has 0 bridgehead atoms. The molecule has 0 radical (unpaired) electrons. The van der Waals surface area contributed by atoms with Crippen molar-refractivity contribution in [3.05, 3.63) is 72.9 Å². The van der Waals surface area contributed by atoms with Crippen molar-refractivity contribution in [1.29, 1.82) is 0 Å². The molecule has 1 unspecified atom stereocenters. The minimum Gasteiger partial charge on any atom is -0.462 e. The lowest BCUT2D eigenvalue weighted by molar-refractivity contribution is -0.166. The number of rotatable bonds is 53. The van der Waals surface area contributed by atoms with Gasteiger partial charge in [0.1, 0.15) is 13.2 Å². The average Bonchev–Trinajstić information content (AvgIpc) is 3.35. The topological polar surface area (TPSA) is 78.9 Å². The molecule has 0 saturated carbocycles. The number of hydrogen-bond donors (Lipinski definition) is 0. The lowest BCUT2D eigenvalue weighted by atomic mass is 10.1. The van der Waals surface area contributed by atoms with E-state index in [1.807, 2.05) is 6.08 Å². The summed E-state index contributed by atoms with van der Waals surface area (Å²) in [5.74, 6) is -0.978. The van der Waals surface area contributed by atoms with Crippen molar-refractivity contribution in [3.8, 4) is 0 Å². The van der Waals surface area contributed by atoms with Crippen molar-refractivity contribution in [2.75, 3.05) is 13.2 Å². The molecule has 69 heavy (non-hydrogen) atoms. The molecule has 0 heterocycles. The van der Waals surface area contributed by atoms with Crippen LogP contribution in [-0.4, -0.2) is 37.2 Å². The lowest BCUT2D eigenvalue weighted by Gasteiger charge is -2.18. The van der Waals surface area contributed by atoms with Gasteiger partial charge in [-0.2, -0.15) is 0 Å². The van der Waals surface area contributed by atoms with Gasteiger partial charge in [-0.15, -0.1) is 0 Å². The van der Waals surface area contributed by atoms with Crippen molar-refractivity contribution in [1.82, 2.24) is 0 Å². The van der Waals surface area contributed by atoms with Crippen LogP contribution in [0.4, 0.5) is 0 Å². The molecule has 0 amide bonds. The average molecular weight is 964 g/mol. The Kier molecular flexibility index (Phi) is 54.8. The van der Waals surface area contributed by atoms with Crippen LogP contribution >= 0.6 is 0 Å². The van der Waals surface area contributed by atoms with Crippen LogP contribution in [0.15, 0.2) is 72.9 Å². The highest BCUT2D eigenvalue weighted by molar-refractivity contribution is 5.71. The fourth-order valence-electron chi connectivity index (χ4n) is 8.27. The molecule has 0 aromatic rings. The Morgan fingerprint density at radius 2 is 0.594 bits per heavy atom. The molecule has 0 rings (SSSR count). The van der Waals surface area contributed by atoms with Gasteiger partial charge < -0.3 is 14.2 Å². The molecule has 0 aromatic heterocycles. The van der Waals surface area contributed by atoms with E-state index >= 15 is 0 Å². The van der Waals surface area contributed by atoms with Gasteiger partial charge >= 0.3 is 17.9 Å². The van der Waals surface area contributed by atoms with Crippen molar-refractivity contribution in [2.45, 2.75) is 297 Å². The second-order valence-corrected chi connectivity index (χ2v) is 19.5. The first-order valence-electron chi connectivity index (χ1n) is 29.4. The van der Waals surface area contributed by atoms with Gasteiger partial charge in [0, 0.05) is 19.3 Å². The molecule has 0 N–H and O–H groups in total. The molecule has 0 aliphatic heterocycles. The third-order valence-electron chi connectivity index (χ3n) is 12.7. The quantitative estimate of drug-likeness (QED) is 0.0262. The zero-order chi connectivity index (χ0) is 50.0. The molecule has 6 heteroatoms. The fraction of sp³-hybridized carbons (Fsp3) is 0.762. The van der Waals surface area contributed by atoms with E-state index in [1.165, 1.54) is 180 Å². The number of carbonyl (C=O) groups excluding carboxylic acids is 3. The molecule has 0 spiro atoms. The first-order chi connectivity index (χ1) is 34.0. The standard InChI is InChI=1S/C63H110O6/c1-4-7-10-13-16-19-22-25-27-29-31-33-35-38-41-44-47-50-53-56-62(65)68-59-60(58-67-61(64)55-52-49-46-43-40-37-24-21-18-15-12-9-6-3)69-63(66)57-54-51-48-45-42-39-36-34-32-30-28-26-23-20-17-14-11-8-5-2/h9,12,18,21,25-28,37,40,46,49,60H,4-8,10-11,13-17,19-20,22-24,29-36,38-39,41-45,47-48,50-59H2,1-3H3/b12-9-,21-18-,27-25-,28-26-,40-37-,49-46-. The van der Waals surface area contributed by atoms with Crippen LogP contribution < -0.4 is 0 Å². The highest BCUT2D eigenvalue weighted by atomic mass is 16.6. The normalized spacial score (nSPS) is 12.6. The first-order valence-corrected chi connectivity index (χ1v) is 29.4. The van der Waals surface area contributed by atoms with Gasteiger partial charge in [0.15, 0.2) is 6.10 Å². The summed E-state index contributed by atoms with van der Waals surface area (Å²) in [4.78, 5) is 38.1. The van der Waals surface area contributed by atoms with Crippen molar-refractivity contribution in [3.63, 3.8) is 0 Å². The molecule has 0 aromatic carbocycles. The molecular weight excluding hydrogens is 853 g/mol. The molecule has 0 aliphatic carbocycles. The summed E-state index contributed by atoms with van der Waals surface area (Å²) in [5.41, 5.74) is 0. The van der Waals surface area contributed by atoms with E-state index in [1.54, 1.807) is 0 Å². The summed E-state index contributed by atoms with van der Waals surface area (Å²) in [6.45, 7) is 6.47. The smallest absolute Gasteiger partial charge is 0.306 e. The molecule has 0 aliphatic rings. The Morgan fingerprint density at radius 3 is 0.971 bits per heavy atom. The van der Waals surface area contributed by atoms with E-state index in [9.17, 15) is 14.4 Å². The van der Waals surface area contributed by atoms with Crippen molar-refractivity contribution >= 4 is 17.9 Å². The van der Waals surface area contributed by atoms with Gasteiger partial charge in [-0.3, -0.25) is 14.4 Å². The van der Waals surface area contributed by atoms with E-state index in [-0.39, 0.29) is 37.5 Å². The SMILES string of the molecule is CC/C=C\C/C=C\C/C=C\C/C=C\CCC(=O)OCC(COC(=O)CCCCCCCCCCC/C=C\CCCCCCCC)OC(=O)CCCCCCCCCCC/C=C\CCCCCCCC. The highest BCUT2D eigenvalue weighted by Crippen LogP contribution is 2.16. The van der Waals surface area contributed by atoms with Crippen LogP contribution in [0.2, 0.25) is 0 Å². The number of hydrogen-bond acceptors (Lipinski definition) is 6. The maximum atomic E-state index is 12.9. The van der Waals surface area contributed by atoms with Gasteiger partial charge in [0.2, 0.25) is 0 Å². The first kappa shape index (κ1) is 65.8. The van der Waals surface area contributed by atoms with E-state index in [0.717, 1.165) is 64.2 Å². The Morgan fingerprint density at radius 1 is 0.304 bits per heavy atom. The van der Waals surface area contributed by atoms with Crippen LogP contribution in [0.1, 0.15) is 290 Å². The Bertz CT molecular complexity index is 1290. The van der Waals surface area contributed by atoms with Crippen LogP contribution in [0, 0.1) is 0 Å². The summed E-state index contributed by atoms with van der Waals surface area (Å²) in [5, 5.41) is 0. The van der Waals surface area contributed by atoms with E-state index in [4.69, 9.17) is 14.2 Å². The predicted octanol–water partition coefficient (Wildman–Crippen LogP) is 19.8. The summed E-state index contributed by atoms with van der Waals surface area (Å²) in [6.07, 6.45) is 73.4. The fourth-order valence-corrected chi connectivity index (χ4v) is 8.27. The van der Waals surface area contributed by atoms with Crippen LogP contribution in [0.5, 0.6) is 0 Å². The zero-order valence-corrected chi connectivity index (χ0v) is 45.6. The second-order valence-electron chi connectivity index (χ2n) is 19.5. The monoisotopic (exact) mass is 963 g/mol. The number of ether oxygens (including phenoxy) is 3. The van der Waals surface area contributed by atoms with Gasteiger partial charge in [0.05, 0.1) is 0 Å². The molecule has 6 nitrogen and oxygen atoms in total. The van der Waals surface area contributed by atoms with Crippen LogP contribution in [-0.2, 0) is 28.6 Å². The molecule has 398 valence electrons. The highest BCUT2D eigenvalue weighted by Gasteiger charge is 2.19. The molecule has 0 saturated heterocycles. The van der Waals surface area contributed by atoms with E-state index < -0.39 is 6.10 Å². The Labute approximate surface area is 427 Å². The maximum absolute atomic E-state index is 12.9. The van der Waals surface area contributed by atoms with Crippen molar-refractivity contribution in [2.24, 2.45) is 0 Å². The Hall–Kier alpha value is -3.15. The predicted molar refractivity (Wildman–Crippen MR) is 298 cm³/mol. The van der Waals surface area contributed by atoms with Crippen LogP contribution in [0.25, 0.3) is 0 Å². The zero-order valence-electron chi connectivity index (χ0n) is 45.6. The van der Waals surface area contributed by atoms with Crippen LogP contribution in [0.3, 0.4) is 0 Å². The van der Waals surface area contributed by atoms with Gasteiger partial charge in [-0.05, 0) is 96.3 Å². The van der Waals surface area contributed by atoms with E-state index in [2.05, 4.69) is 87.6 Å². The number of allylic oxidation sites excluding steroid dienone is 12. The minimum absolute atomic E-state index is 0.0981. The third kappa shape index (κ3) is 55.6. The lowest BCUT2D eigenvalue weighted by Crippen LogP contribution is -2.30. The van der Waals surface area contributed by atoms with Gasteiger partial charge in [-0.25, -0.2) is 0 Å². The number of unbranched alkanes of at least 4 members (excludes halogenated alkanes) is 30. The summed E-state index contributed by atoms with van der Waals surface area (Å²) >= 11 is 0. The number of carbonyl (C=O) groups is 3. The summed E-state index contributed by atoms with van der Waals surface area (Å²) in [6, 6.07) is 0. The summed E-state index contributed by atoms with van der Waals surface area (Å²) in [7, 11) is 0. The minimum atomic E-state index is -0.806. The largest absolute Gasteiger partial charge is 0.462 e. The van der Waals surface area contributed by atoms with Crippen molar-refractivity contribution < 1.29 is 28.6 Å². The molecular formula is C63H110O6. The second kappa shape index (κ2) is 57.4. The summed E-state index contributed by atoms with van der Waals surface area (Å²) < 4.78 is 16.8. The van der Waals surface area contributed by atoms with Gasteiger partial charge in [-0.1, -0.05) is 248 Å². The molecule has 0 fully saturated rings. The van der Waals surface area contributed by atoms with E-state index in [0.29, 0.717) is 19.3 Å². The third-order valence-corrected chi connectivity index (χ3v) is 12.7. The molecule has 1 atom stereocenters. The van der Waals surface area contributed by atoms with Gasteiger partial charge in [0.25, 0.3) is 0 Å².